The number of hydrogen-bond acceptors (Lipinski definition) is 3. The molecule has 0 aromatic carbocycles. The summed E-state index contributed by atoms with van der Waals surface area (Å²) in [5.74, 6) is 4.69. The van der Waals surface area contributed by atoms with Crippen molar-refractivity contribution in [1.82, 2.24) is 0 Å². The maximum atomic E-state index is 10.8. The highest BCUT2D eigenvalue weighted by Gasteiger charge is 2.57. The molecule has 0 aliphatic heterocycles. The fraction of sp³-hybridized carbons (Fsp3) is 1.00. The molecule has 0 saturated heterocycles. The van der Waals surface area contributed by atoms with Crippen molar-refractivity contribution in [3.05, 3.63) is 0 Å². The third-order valence-electron chi connectivity index (χ3n) is 8.93. The minimum Gasteiger partial charge on any atom is -0.396 e. The number of rotatable bonds is 3. The van der Waals surface area contributed by atoms with Gasteiger partial charge >= 0.3 is 0 Å². The van der Waals surface area contributed by atoms with Crippen LogP contribution in [-0.4, -0.2) is 36.1 Å². The van der Waals surface area contributed by atoms with Crippen LogP contribution in [0.3, 0.4) is 0 Å². The van der Waals surface area contributed by atoms with E-state index in [0.29, 0.717) is 30.5 Å². The summed E-state index contributed by atoms with van der Waals surface area (Å²) in [5.41, 5.74) is -0.171. The highest BCUT2D eigenvalue weighted by Crippen LogP contribution is 2.64. The van der Waals surface area contributed by atoms with E-state index in [2.05, 4.69) is 6.92 Å². The van der Waals surface area contributed by atoms with E-state index in [9.17, 15) is 10.2 Å². The van der Waals surface area contributed by atoms with Gasteiger partial charge in [-0.3, -0.25) is 0 Å². The van der Waals surface area contributed by atoms with Crippen LogP contribution >= 0.6 is 0 Å². The highest BCUT2D eigenvalue weighted by molar-refractivity contribution is 5.06. The molecule has 4 saturated carbocycles. The van der Waals surface area contributed by atoms with Gasteiger partial charge in [-0.1, -0.05) is 6.92 Å². The Bertz CT molecular complexity index is 466. The molecule has 0 bridgehead atoms. The lowest BCUT2D eigenvalue weighted by atomic mass is 9.49. The second kappa shape index (κ2) is 6.25. The van der Waals surface area contributed by atoms with E-state index in [1.54, 1.807) is 7.11 Å². The molecule has 0 amide bonds. The van der Waals surface area contributed by atoms with Crippen molar-refractivity contribution in [1.29, 1.82) is 0 Å². The highest BCUT2D eigenvalue weighted by atomic mass is 16.5. The summed E-state index contributed by atoms with van der Waals surface area (Å²) < 4.78 is 5.29. The molecule has 4 rings (SSSR count). The van der Waals surface area contributed by atoms with Crippen LogP contribution in [0.5, 0.6) is 0 Å². The Morgan fingerprint density at radius 3 is 2.50 bits per heavy atom. The average Bonchev–Trinajstić information content (AvgIpc) is 2.90. The van der Waals surface area contributed by atoms with Crippen LogP contribution in [-0.2, 0) is 4.74 Å². The number of ether oxygens (including phenoxy) is 1. The minimum atomic E-state index is -0.568. The Kier molecular flexibility index (Phi) is 4.50. The first kappa shape index (κ1) is 17.3. The number of aliphatic hydroxyl groups excluding tert-OH is 1. The van der Waals surface area contributed by atoms with Gasteiger partial charge < -0.3 is 14.9 Å². The molecular weight excluding hydrogens is 300 g/mol. The third kappa shape index (κ3) is 2.57. The first-order valence-corrected chi connectivity index (χ1v) is 10.3. The zero-order chi connectivity index (χ0) is 16.9. The zero-order valence-electron chi connectivity index (χ0n) is 15.5. The van der Waals surface area contributed by atoms with Crippen molar-refractivity contribution < 1.29 is 14.9 Å². The van der Waals surface area contributed by atoms with Gasteiger partial charge in [-0.05, 0) is 98.7 Å². The number of aliphatic hydroxyl groups is 2. The predicted octanol–water partition coefficient (Wildman–Crippen LogP) is 3.63. The van der Waals surface area contributed by atoms with Gasteiger partial charge in [0, 0.05) is 13.7 Å². The summed E-state index contributed by atoms with van der Waals surface area (Å²) in [5, 5.41) is 20.6. The van der Waals surface area contributed by atoms with E-state index in [1.807, 2.05) is 0 Å². The van der Waals surface area contributed by atoms with Crippen LogP contribution in [0.15, 0.2) is 0 Å². The lowest BCUT2D eigenvalue weighted by Crippen LogP contribution is -2.52. The molecule has 3 nitrogen and oxygen atoms in total. The molecule has 0 aromatic rings. The van der Waals surface area contributed by atoms with E-state index >= 15 is 0 Å². The second-order valence-electron chi connectivity index (χ2n) is 9.84. The summed E-state index contributed by atoms with van der Waals surface area (Å²) in [4.78, 5) is 0. The zero-order valence-corrected chi connectivity index (χ0v) is 15.5. The Labute approximate surface area is 147 Å². The van der Waals surface area contributed by atoms with Crippen LogP contribution in [0.1, 0.15) is 64.7 Å². The number of fused-ring (bicyclic) bond motifs is 5. The molecule has 2 N–H and O–H groups in total. The molecule has 4 aliphatic rings. The maximum Gasteiger partial charge on any atom is 0.0882 e. The van der Waals surface area contributed by atoms with E-state index in [1.165, 1.54) is 44.9 Å². The molecule has 24 heavy (non-hydrogen) atoms. The van der Waals surface area contributed by atoms with Gasteiger partial charge in [0.2, 0.25) is 0 Å². The van der Waals surface area contributed by atoms with Gasteiger partial charge in [-0.2, -0.15) is 0 Å². The van der Waals surface area contributed by atoms with Crippen LogP contribution in [0, 0.1) is 40.9 Å². The van der Waals surface area contributed by atoms with Crippen LogP contribution in [0.25, 0.3) is 0 Å². The van der Waals surface area contributed by atoms with Crippen molar-refractivity contribution >= 4 is 0 Å². The van der Waals surface area contributed by atoms with Crippen molar-refractivity contribution in [2.75, 3.05) is 20.3 Å². The Hall–Kier alpha value is -0.120. The molecule has 4 aliphatic carbocycles. The molecule has 8 unspecified atom stereocenters. The first-order valence-electron chi connectivity index (χ1n) is 10.3. The molecule has 8 atom stereocenters. The largest absolute Gasteiger partial charge is 0.396 e. The van der Waals surface area contributed by atoms with Gasteiger partial charge in [0.25, 0.3) is 0 Å². The van der Waals surface area contributed by atoms with E-state index < -0.39 is 5.60 Å². The summed E-state index contributed by atoms with van der Waals surface area (Å²) in [6, 6.07) is 0. The molecule has 0 radical (unpaired) electrons. The summed E-state index contributed by atoms with van der Waals surface area (Å²) in [6.07, 6.45) is 11.0. The molecular formula is C21H36O3. The van der Waals surface area contributed by atoms with E-state index in [4.69, 9.17) is 4.74 Å². The number of methoxy groups -OCH3 is 1. The maximum absolute atomic E-state index is 10.8. The third-order valence-corrected chi connectivity index (χ3v) is 8.93. The summed E-state index contributed by atoms with van der Waals surface area (Å²) in [7, 11) is 1.71. The van der Waals surface area contributed by atoms with Crippen LogP contribution in [0.2, 0.25) is 0 Å². The Morgan fingerprint density at radius 2 is 1.75 bits per heavy atom. The summed E-state index contributed by atoms with van der Waals surface area (Å²) >= 11 is 0. The molecule has 0 spiro atoms. The number of hydrogen-bond donors (Lipinski definition) is 2. The molecule has 0 heterocycles. The fourth-order valence-corrected chi connectivity index (χ4v) is 7.77. The van der Waals surface area contributed by atoms with Crippen molar-refractivity contribution in [2.24, 2.45) is 40.9 Å². The lowest BCUT2D eigenvalue weighted by Gasteiger charge is -2.57. The fourth-order valence-electron chi connectivity index (χ4n) is 7.77. The van der Waals surface area contributed by atoms with E-state index in [0.717, 1.165) is 36.5 Å². The van der Waals surface area contributed by atoms with Gasteiger partial charge in [-0.15, -0.1) is 0 Å². The standard InChI is InChI=1S/C21H36O3/c1-20-9-7-17-16-8-10-21(23,13-24-2)11-14(16)3-5-18(17)19(20)6-4-15(20)12-22/h14-19,22-23H,3-13H2,1-2H3. The van der Waals surface area contributed by atoms with Crippen molar-refractivity contribution in [3.8, 4) is 0 Å². The lowest BCUT2D eigenvalue weighted by molar-refractivity contribution is -0.125. The molecule has 3 heteroatoms. The topological polar surface area (TPSA) is 49.7 Å². The van der Waals surface area contributed by atoms with E-state index in [-0.39, 0.29) is 0 Å². The van der Waals surface area contributed by atoms with Crippen LogP contribution < -0.4 is 0 Å². The Morgan fingerprint density at radius 1 is 0.958 bits per heavy atom. The smallest absolute Gasteiger partial charge is 0.0882 e. The molecule has 4 fully saturated rings. The second-order valence-corrected chi connectivity index (χ2v) is 9.84. The van der Waals surface area contributed by atoms with Crippen LogP contribution in [0.4, 0.5) is 0 Å². The quantitative estimate of drug-likeness (QED) is 0.827. The predicted molar refractivity (Wildman–Crippen MR) is 94.5 cm³/mol. The monoisotopic (exact) mass is 336 g/mol. The normalized spacial score (nSPS) is 54.0. The van der Waals surface area contributed by atoms with Gasteiger partial charge in [-0.25, -0.2) is 0 Å². The Balaban J connectivity index is 1.50. The SMILES string of the molecule is COCC1(O)CCC2C(CCC3C2CCC2(C)C(CO)CCC32)C1. The first-order chi connectivity index (χ1) is 11.5. The van der Waals surface area contributed by atoms with Gasteiger partial charge in [0.15, 0.2) is 0 Å². The molecule has 138 valence electrons. The summed E-state index contributed by atoms with van der Waals surface area (Å²) in [6.45, 7) is 3.37. The van der Waals surface area contributed by atoms with Crippen molar-refractivity contribution in [3.63, 3.8) is 0 Å². The average molecular weight is 337 g/mol. The molecule has 0 aromatic heterocycles. The van der Waals surface area contributed by atoms with Crippen molar-refractivity contribution in [2.45, 2.75) is 70.3 Å². The van der Waals surface area contributed by atoms with Gasteiger partial charge in [0.05, 0.1) is 12.2 Å². The van der Waals surface area contributed by atoms with Gasteiger partial charge in [0.1, 0.15) is 0 Å². The minimum absolute atomic E-state index is 0.389.